The summed E-state index contributed by atoms with van der Waals surface area (Å²) in [6.07, 6.45) is 47.4. The number of rotatable bonds is 66. The average molecular weight is 2020 g/mol. The maximum absolute atomic E-state index is 14.0. The first kappa shape index (κ1) is 125. The lowest BCUT2D eigenvalue weighted by Gasteiger charge is -2.45. The molecule has 6 aromatic carbocycles. The van der Waals surface area contributed by atoms with E-state index in [0.29, 0.717) is 89.7 Å². The zero-order valence-corrected chi connectivity index (χ0v) is 94.0. The van der Waals surface area contributed by atoms with Gasteiger partial charge >= 0.3 is 29.8 Å². The minimum atomic E-state index is -1.52. The summed E-state index contributed by atoms with van der Waals surface area (Å²) in [4.78, 5) is 80.6. The van der Waals surface area contributed by atoms with Crippen molar-refractivity contribution in [3.8, 4) is 34.5 Å². The number of aryl methyl sites for hydroxylation is 12. The Morgan fingerprint density at radius 3 is 0.869 bits per heavy atom. The Morgan fingerprint density at radius 2 is 0.593 bits per heavy atom. The third-order valence-corrected chi connectivity index (χ3v) is 27.9. The van der Waals surface area contributed by atoms with Crippen LogP contribution in [-0.4, -0.2) is 122 Å². The maximum atomic E-state index is 14.0. The highest BCUT2D eigenvalue weighted by Gasteiger charge is 2.41. The molecule has 8 rings (SSSR count). The van der Waals surface area contributed by atoms with Gasteiger partial charge in [-0.25, -0.2) is 0 Å². The number of carbonyl (C=O) groups is 6. The quantitative estimate of drug-likeness (QED) is 0.00808. The molecule has 0 spiro atoms. The molecular formula is C126H204N2O17. The highest BCUT2D eigenvalue weighted by molar-refractivity contribution is 6.10. The molecule has 19 nitrogen and oxygen atoms in total. The SMILES string of the molecule is CC1CC(C)(C)NC(C)(C)C1.CCCCCCCCCCCCC(=O)OC1CC(C)(C)NC(C)(C)C1.CCCCCCCCOc1ccc(C(=O)c2ccccc2)c(O)c1.CCCCc1cc(CCC(=O)OCC(COC(=O)CCc2cc(CCCC)c(O)c(CCCC)c2)(COC(=O)CCc2cc(CCCC)c(O)c(CCCC)c2)COC(=O)CCc2cc(CCCC)c(O)c(CCCC)c2)cc(CCCC)c1O.[2HH].[2HH].[2H][2H]. The van der Waals surface area contributed by atoms with Gasteiger partial charge in [0.05, 0.1) is 12.2 Å². The second kappa shape index (κ2) is 69.4. The molecule has 0 unspecified atom stereocenters. The zero-order valence-electron chi connectivity index (χ0n) is 96.0. The Bertz CT molecular complexity index is 4230. The summed E-state index contributed by atoms with van der Waals surface area (Å²) in [5.41, 5.74) is 10.6. The fourth-order valence-corrected chi connectivity index (χ4v) is 20.6. The Labute approximate surface area is 883 Å². The highest BCUT2D eigenvalue weighted by Crippen LogP contribution is 2.38. The van der Waals surface area contributed by atoms with E-state index in [0.717, 1.165) is 265 Å². The van der Waals surface area contributed by atoms with Crippen LogP contribution < -0.4 is 15.4 Å². The molecule has 0 aliphatic carbocycles. The number of ether oxygens (including phenoxy) is 6. The lowest BCUT2D eigenvalue weighted by atomic mass is 9.77. The van der Waals surface area contributed by atoms with E-state index >= 15 is 0 Å². The summed E-state index contributed by atoms with van der Waals surface area (Å²) in [6.45, 7) is 40.7. The molecule has 2 fully saturated rings. The van der Waals surface area contributed by atoms with E-state index in [1.54, 1.807) is 24.3 Å². The molecular weight excluding hydrogens is 1810 g/mol. The van der Waals surface area contributed by atoms with Crippen LogP contribution >= 0.6 is 0 Å². The van der Waals surface area contributed by atoms with E-state index in [1.807, 2.05) is 66.7 Å². The standard InChI is InChI=1S/C73H108O12.C22H43NO2.C21H26O3.C10H21N.3H2/c1-9-17-25-57-41-53(42-58(69(57)78)26-18-10-2)33-37-65(74)82-49-73(50-83-66(75)38-34-54-43-59(27-19-11-3)70(79)60(44-54)28-20-12-4,51-84-67(76)39-35-55-45-61(29-21-13-5)71(80)62(46-55)30-22-14-6)52-85-68(77)40-36-56-47-63(31-23-15-7)72(81)64(48-56)32-24-16-8;1-6-7-8-9-10-11-12-13-14-15-16-20(24)25-19-17-21(2,3)23-22(4,5)18-19;1-2-3-4-5-6-10-15-24-18-13-14-19(20(22)16-18)21(23)17-11-8-7-9-12-17;1-8-6-9(2,3)11-10(4,5)7-8;;;/h41-48,78-81H,9-40,49-52H2,1-8H3;19,23H,6-18H2,1-5H3;7-9,11-14,16,22H,2-6,10,15H2,1H3;8,11H,6-7H2,1-5H3;3*1H/i;;;;1+1D;2*1+1. The van der Waals surface area contributed by atoms with E-state index in [-0.39, 0.29) is 63.2 Å². The van der Waals surface area contributed by atoms with Gasteiger partial charge in [-0.05, 0) is 294 Å². The van der Waals surface area contributed by atoms with Gasteiger partial charge in [0.1, 0.15) is 72.4 Å². The van der Waals surface area contributed by atoms with Crippen molar-refractivity contribution in [3.05, 3.63) is 175 Å². The fraction of sp³-hybridized carbons (Fsp3) is 0.667. The van der Waals surface area contributed by atoms with E-state index in [4.69, 9.17) is 31.4 Å². The molecule has 0 saturated carbocycles. The zero-order chi connectivity index (χ0) is 109. The predicted molar refractivity (Wildman–Crippen MR) is 601 cm³/mol. The Hall–Kier alpha value is -8.94. The van der Waals surface area contributed by atoms with Crippen LogP contribution in [0.3, 0.4) is 0 Å². The minimum Gasteiger partial charge on any atom is -0.507 e. The lowest BCUT2D eigenvalue weighted by Crippen LogP contribution is -2.59. The molecule has 2 heterocycles. The van der Waals surface area contributed by atoms with E-state index in [9.17, 15) is 54.3 Å². The summed E-state index contributed by atoms with van der Waals surface area (Å²) in [6, 6.07) is 29.6. The van der Waals surface area contributed by atoms with Crippen molar-refractivity contribution in [2.45, 2.75) is 500 Å². The topological polar surface area (TPSA) is 283 Å². The van der Waals surface area contributed by atoms with Crippen LogP contribution in [0.5, 0.6) is 34.5 Å². The molecule has 0 bridgehead atoms. The van der Waals surface area contributed by atoms with Gasteiger partial charge in [0.25, 0.3) is 0 Å². The van der Waals surface area contributed by atoms with Crippen LogP contribution in [0.4, 0.5) is 0 Å². The molecule has 7 N–H and O–H groups in total. The number of hydrogen-bond donors (Lipinski definition) is 7. The molecule has 0 aromatic heterocycles. The molecule has 145 heavy (non-hydrogen) atoms. The van der Waals surface area contributed by atoms with Gasteiger partial charge in [-0.3, -0.25) is 28.8 Å². The molecule has 6 aromatic rings. The monoisotopic (exact) mass is 2020 g/mol. The van der Waals surface area contributed by atoms with Crippen LogP contribution in [-0.2, 0) is 125 Å². The number of aromatic hydroxyl groups is 5. The fourth-order valence-electron chi connectivity index (χ4n) is 20.6. The van der Waals surface area contributed by atoms with Gasteiger partial charge in [-0.2, -0.15) is 0 Å². The largest absolute Gasteiger partial charge is 0.507 e. The number of carbonyl (C=O) groups excluding carboxylic acids is 6. The van der Waals surface area contributed by atoms with Gasteiger partial charge in [-0.1, -0.05) is 296 Å². The Kier molecular flexibility index (Phi) is 59.7. The average Bonchev–Trinajstić information content (AvgIpc) is 0.801. The van der Waals surface area contributed by atoms with Gasteiger partial charge in [0.15, 0.2) is 5.78 Å². The number of phenols is 5. The number of hydrogen-bond acceptors (Lipinski definition) is 19. The van der Waals surface area contributed by atoms with Crippen LogP contribution in [0.2, 0.25) is 0 Å². The molecule has 0 radical (unpaired) electrons. The molecule has 19 heteroatoms. The van der Waals surface area contributed by atoms with Crippen LogP contribution in [0.15, 0.2) is 97.1 Å². The highest BCUT2D eigenvalue weighted by atomic mass is 16.6. The third kappa shape index (κ3) is 50.8. The second-order valence-electron chi connectivity index (χ2n) is 44.8. The first-order chi connectivity index (χ1) is 70.3. The van der Waals surface area contributed by atoms with Gasteiger partial charge in [0, 0.05) is 84.6 Å². The van der Waals surface area contributed by atoms with E-state index < -0.39 is 55.7 Å². The number of unbranched alkanes of at least 4 members (excludes halogenated alkanes) is 22. The molecule has 0 amide bonds. The third-order valence-electron chi connectivity index (χ3n) is 27.9. The summed E-state index contributed by atoms with van der Waals surface area (Å²) < 4.78 is 45.8. The molecule has 0 atom stereocenters. The predicted octanol–water partition coefficient (Wildman–Crippen LogP) is 31.1. The van der Waals surface area contributed by atoms with Crippen LogP contribution in [0.1, 0.15) is 483 Å². The summed E-state index contributed by atoms with van der Waals surface area (Å²) >= 11 is 0. The van der Waals surface area contributed by atoms with Crippen molar-refractivity contribution in [3.63, 3.8) is 0 Å². The number of piperidine rings is 2. The Balaban J connectivity index is 0.000000932. The second-order valence-corrected chi connectivity index (χ2v) is 44.8. The number of ketones is 1. The van der Waals surface area contributed by atoms with Crippen molar-refractivity contribution in [2.75, 3.05) is 33.0 Å². The molecule has 2 aliphatic heterocycles. The number of phenolic OH excluding ortho intramolecular Hbond substituents is 5. The van der Waals surface area contributed by atoms with Crippen LogP contribution in [0, 0.1) is 11.3 Å². The van der Waals surface area contributed by atoms with Crippen molar-refractivity contribution >= 4 is 35.6 Å². The lowest BCUT2D eigenvalue weighted by molar-refractivity contribution is -0.171. The van der Waals surface area contributed by atoms with Gasteiger partial charge in [-0.15, -0.1) is 0 Å². The van der Waals surface area contributed by atoms with Crippen molar-refractivity contribution in [1.29, 1.82) is 0 Å². The Morgan fingerprint density at radius 1 is 0.324 bits per heavy atom. The van der Waals surface area contributed by atoms with Gasteiger partial charge in [0.2, 0.25) is 0 Å². The van der Waals surface area contributed by atoms with Crippen molar-refractivity contribution in [2.24, 2.45) is 11.3 Å². The summed E-state index contributed by atoms with van der Waals surface area (Å²) in [5, 5.41) is 62.2. The smallest absolute Gasteiger partial charge is 0.306 e. The minimum absolute atomic E-state index is 0. The summed E-state index contributed by atoms with van der Waals surface area (Å²) in [5.74, 6) is 0.326. The normalized spacial score (nSPS) is 14.2. The van der Waals surface area contributed by atoms with Crippen molar-refractivity contribution in [1.82, 2.24) is 10.6 Å². The molecule has 820 valence electrons. The van der Waals surface area contributed by atoms with E-state index in [2.05, 4.69) is 142 Å². The van der Waals surface area contributed by atoms with E-state index in [1.165, 1.54) is 96.0 Å². The number of nitrogens with one attached hydrogen (secondary N) is 2. The first-order valence-electron chi connectivity index (χ1n) is 58.1. The summed E-state index contributed by atoms with van der Waals surface area (Å²) in [7, 11) is 0. The van der Waals surface area contributed by atoms with Crippen molar-refractivity contribution < 1.29 is 88.5 Å². The number of esters is 5. The van der Waals surface area contributed by atoms with Crippen LogP contribution in [0.25, 0.3) is 0 Å². The number of benzene rings is 6. The first-order valence-corrected chi connectivity index (χ1v) is 57.1. The molecule has 2 aliphatic rings. The maximum Gasteiger partial charge on any atom is 0.306 e. The van der Waals surface area contributed by atoms with Gasteiger partial charge < -0.3 is 64.6 Å². The molecule has 2 saturated heterocycles.